The molecule has 0 aromatic heterocycles. The van der Waals surface area contributed by atoms with Gasteiger partial charge in [0, 0.05) is 5.92 Å². The van der Waals surface area contributed by atoms with E-state index in [2.05, 4.69) is 8.92 Å². The third kappa shape index (κ3) is 3.40. The third-order valence-electron chi connectivity index (χ3n) is 2.72. The van der Waals surface area contributed by atoms with Crippen molar-refractivity contribution in [1.82, 2.24) is 0 Å². The molecule has 1 aliphatic carbocycles. The molecule has 0 aliphatic heterocycles. The van der Waals surface area contributed by atoms with Crippen molar-refractivity contribution in [3.8, 4) is 0 Å². The lowest BCUT2D eigenvalue weighted by Gasteiger charge is -2.24. The monoisotopic (exact) mass is 302 g/mol. The number of hydrogen-bond donors (Lipinski definition) is 0. The van der Waals surface area contributed by atoms with Gasteiger partial charge in [-0.2, -0.15) is 21.6 Å². The van der Waals surface area contributed by atoms with Gasteiger partial charge in [0.15, 0.2) is 0 Å². The molecule has 0 radical (unpaired) electrons. The molecule has 0 saturated carbocycles. The van der Waals surface area contributed by atoms with Crippen LogP contribution in [0.1, 0.15) is 26.2 Å². The van der Waals surface area contributed by atoms with Crippen molar-refractivity contribution in [3.05, 3.63) is 11.3 Å². The zero-order chi connectivity index (χ0) is 14.8. The predicted octanol–water partition coefficient (Wildman–Crippen LogP) is 2.10. The van der Waals surface area contributed by atoms with Crippen molar-refractivity contribution < 1.29 is 35.3 Å². The van der Waals surface area contributed by atoms with E-state index < -0.39 is 33.3 Å². The number of alkyl halides is 3. The standard InChI is InChI=1S/C10H13F3O5S/c1-6-4-3-5-7(9(14)17-2)8(6)18-19(15,16)10(11,12)13/h6H,3-5H2,1-2H3. The molecular weight excluding hydrogens is 289 g/mol. The molecule has 5 nitrogen and oxygen atoms in total. The first-order valence-corrected chi connectivity index (χ1v) is 6.83. The summed E-state index contributed by atoms with van der Waals surface area (Å²) in [6, 6.07) is 0. The minimum absolute atomic E-state index is 0.125. The number of carbonyl (C=O) groups excluding carboxylic acids is 1. The van der Waals surface area contributed by atoms with Crippen LogP contribution in [0.3, 0.4) is 0 Å². The molecule has 110 valence electrons. The summed E-state index contributed by atoms with van der Waals surface area (Å²) in [5.41, 5.74) is -5.69. The van der Waals surface area contributed by atoms with E-state index in [1.165, 1.54) is 6.92 Å². The molecule has 0 amide bonds. The van der Waals surface area contributed by atoms with E-state index in [9.17, 15) is 26.4 Å². The Morgan fingerprint density at radius 3 is 2.42 bits per heavy atom. The lowest BCUT2D eigenvalue weighted by atomic mass is 9.90. The number of halogens is 3. The van der Waals surface area contributed by atoms with Crippen molar-refractivity contribution in [2.45, 2.75) is 31.7 Å². The molecule has 0 fully saturated rings. The molecule has 0 heterocycles. The van der Waals surface area contributed by atoms with Gasteiger partial charge in [-0.1, -0.05) is 6.92 Å². The SMILES string of the molecule is COC(=O)C1=C(OS(=O)(=O)C(F)(F)F)C(C)CCC1. The summed E-state index contributed by atoms with van der Waals surface area (Å²) in [5.74, 6) is -1.95. The zero-order valence-corrected chi connectivity index (χ0v) is 11.1. The first-order valence-electron chi connectivity index (χ1n) is 5.42. The molecule has 0 N–H and O–H groups in total. The highest BCUT2D eigenvalue weighted by molar-refractivity contribution is 7.87. The predicted molar refractivity (Wildman–Crippen MR) is 58.1 cm³/mol. The lowest BCUT2D eigenvalue weighted by Crippen LogP contribution is -2.29. The van der Waals surface area contributed by atoms with Crippen LogP contribution in [0.15, 0.2) is 11.3 Å². The Kier molecular flexibility index (Phi) is 4.49. The highest BCUT2D eigenvalue weighted by Crippen LogP contribution is 2.35. The quantitative estimate of drug-likeness (QED) is 0.453. The second-order valence-electron chi connectivity index (χ2n) is 4.11. The van der Waals surface area contributed by atoms with Crippen molar-refractivity contribution >= 4 is 16.1 Å². The molecule has 1 rings (SSSR count). The maximum absolute atomic E-state index is 12.3. The minimum atomic E-state index is -5.77. The molecule has 0 aromatic rings. The fourth-order valence-corrected chi connectivity index (χ4v) is 2.36. The smallest absolute Gasteiger partial charge is 0.466 e. The fourth-order valence-electron chi connectivity index (χ4n) is 1.76. The summed E-state index contributed by atoms with van der Waals surface area (Å²) in [6.07, 6.45) is 1.10. The molecule has 0 aromatic carbocycles. The van der Waals surface area contributed by atoms with Gasteiger partial charge in [-0.15, -0.1) is 0 Å². The molecular formula is C10H13F3O5S. The van der Waals surface area contributed by atoms with Crippen LogP contribution in [0, 0.1) is 5.92 Å². The molecule has 1 atom stereocenters. The van der Waals surface area contributed by atoms with Gasteiger partial charge >= 0.3 is 21.6 Å². The number of esters is 1. The Hall–Kier alpha value is -1.25. The van der Waals surface area contributed by atoms with E-state index in [0.717, 1.165) is 7.11 Å². The molecule has 9 heteroatoms. The summed E-state index contributed by atoms with van der Waals surface area (Å²) in [4.78, 5) is 11.4. The van der Waals surface area contributed by atoms with Gasteiger partial charge in [0.1, 0.15) is 5.76 Å². The van der Waals surface area contributed by atoms with Crippen LogP contribution in [0.4, 0.5) is 13.2 Å². The normalized spacial score (nSPS) is 21.2. The maximum Gasteiger partial charge on any atom is 0.534 e. The highest BCUT2D eigenvalue weighted by Gasteiger charge is 2.49. The molecule has 1 unspecified atom stereocenters. The number of ether oxygens (including phenoxy) is 1. The third-order valence-corrected chi connectivity index (χ3v) is 3.69. The van der Waals surface area contributed by atoms with Crippen LogP contribution < -0.4 is 0 Å². The fraction of sp³-hybridized carbons (Fsp3) is 0.700. The van der Waals surface area contributed by atoms with Gasteiger partial charge in [0.2, 0.25) is 0 Å². The maximum atomic E-state index is 12.3. The number of rotatable bonds is 3. The number of carbonyl (C=O) groups is 1. The summed E-state index contributed by atoms with van der Waals surface area (Å²) < 4.78 is 67.3. The minimum Gasteiger partial charge on any atom is -0.466 e. The molecule has 19 heavy (non-hydrogen) atoms. The molecule has 0 saturated heterocycles. The van der Waals surface area contributed by atoms with Crippen molar-refractivity contribution in [2.75, 3.05) is 7.11 Å². The summed E-state index contributed by atoms with van der Waals surface area (Å²) in [7, 11) is -4.71. The van der Waals surface area contributed by atoms with E-state index in [4.69, 9.17) is 0 Å². The Morgan fingerprint density at radius 2 is 1.95 bits per heavy atom. The van der Waals surface area contributed by atoms with E-state index >= 15 is 0 Å². The molecule has 0 spiro atoms. The zero-order valence-electron chi connectivity index (χ0n) is 10.3. The van der Waals surface area contributed by atoms with Crippen molar-refractivity contribution in [1.29, 1.82) is 0 Å². The summed E-state index contributed by atoms with van der Waals surface area (Å²) >= 11 is 0. The molecule has 1 aliphatic rings. The second kappa shape index (κ2) is 5.40. The van der Waals surface area contributed by atoms with E-state index in [1.807, 2.05) is 0 Å². The largest absolute Gasteiger partial charge is 0.534 e. The van der Waals surface area contributed by atoms with E-state index in [1.54, 1.807) is 0 Å². The van der Waals surface area contributed by atoms with E-state index in [-0.39, 0.29) is 12.0 Å². The lowest BCUT2D eigenvalue weighted by molar-refractivity contribution is -0.136. The van der Waals surface area contributed by atoms with Crippen LogP contribution in [0.5, 0.6) is 0 Å². The van der Waals surface area contributed by atoms with E-state index in [0.29, 0.717) is 12.8 Å². The van der Waals surface area contributed by atoms with Gasteiger partial charge in [-0.05, 0) is 19.3 Å². The van der Waals surface area contributed by atoms with Gasteiger partial charge in [0.05, 0.1) is 12.7 Å². The van der Waals surface area contributed by atoms with Gasteiger partial charge < -0.3 is 8.92 Å². The van der Waals surface area contributed by atoms with Gasteiger partial charge in [-0.25, -0.2) is 4.79 Å². The van der Waals surface area contributed by atoms with Crippen LogP contribution in [0.25, 0.3) is 0 Å². The van der Waals surface area contributed by atoms with Crippen LogP contribution in [-0.4, -0.2) is 27.0 Å². The van der Waals surface area contributed by atoms with Crippen LogP contribution in [-0.2, 0) is 23.8 Å². The van der Waals surface area contributed by atoms with Crippen molar-refractivity contribution in [2.24, 2.45) is 5.92 Å². The number of methoxy groups -OCH3 is 1. The Morgan fingerprint density at radius 1 is 1.37 bits per heavy atom. The first-order chi connectivity index (χ1) is 8.60. The average Bonchev–Trinajstić information content (AvgIpc) is 2.29. The Labute approximate surface area is 108 Å². The first kappa shape index (κ1) is 15.8. The van der Waals surface area contributed by atoms with Crippen molar-refractivity contribution in [3.63, 3.8) is 0 Å². The average molecular weight is 302 g/mol. The topological polar surface area (TPSA) is 69.7 Å². The molecule has 0 bridgehead atoms. The highest BCUT2D eigenvalue weighted by atomic mass is 32.2. The second-order valence-corrected chi connectivity index (χ2v) is 5.65. The summed E-state index contributed by atoms with van der Waals surface area (Å²) in [5, 5.41) is 0. The summed E-state index contributed by atoms with van der Waals surface area (Å²) in [6.45, 7) is 1.49. The van der Waals surface area contributed by atoms with Crippen LogP contribution in [0.2, 0.25) is 0 Å². The van der Waals surface area contributed by atoms with Gasteiger partial charge in [-0.3, -0.25) is 0 Å². The van der Waals surface area contributed by atoms with Crippen LogP contribution >= 0.6 is 0 Å². The number of hydrogen-bond acceptors (Lipinski definition) is 5. The Bertz CT molecular complexity index is 492. The number of allylic oxidation sites excluding steroid dienone is 1. The van der Waals surface area contributed by atoms with Gasteiger partial charge in [0.25, 0.3) is 0 Å². The Balaban J connectivity index is 3.19.